The molecule has 0 spiro atoms. The van der Waals surface area contributed by atoms with Crippen LogP contribution in [0.2, 0.25) is 0 Å². The van der Waals surface area contributed by atoms with E-state index in [0.717, 1.165) is 18.5 Å². The average Bonchev–Trinajstić information content (AvgIpc) is 2.36. The third-order valence-electron chi connectivity index (χ3n) is 4.29. The molecule has 0 radical (unpaired) electrons. The molecule has 1 saturated carbocycles. The fourth-order valence-corrected chi connectivity index (χ4v) is 3.21. The number of nitrogens with one attached hydrogen (secondary N) is 1. The van der Waals surface area contributed by atoms with E-state index in [0.29, 0.717) is 16.7 Å². The fourth-order valence-electron chi connectivity index (χ4n) is 3.21. The molecule has 0 heterocycles. The lowest BCUT2D eigenvalue weighted by Gasteiger charge is -2.35. The Labute approximate surface area is 127 Å². The summed E-state index contributed by atoms with van der Waals surface area (Å²) in [4.78, 5) is 14.6. The molecule has 1 unspecified atom stereocenters. The van der Waals surface area contributed by atoms with Crippen molar-refractivity contribution in [3.8, 4) is 0 Å². The van der Waals surface area contributed by atoms with Crippen molar-refractivity contribution in [2.24, 2.45) is 5.41 Å². The monoisotopic (exact) mass is 289 g/mol. The molecule has 21 heavy (non-hydrogen) atoms. The number of rotatable bonds is 3. The van der Waals surface area contributed by atoms with Crippen molar-refractivity contribution in [1.82, 2.24) is 5.32 Å². The number of carbonyl (C=O) groups excluding carboxylic acids is 1. The molecule has 4 heteroatoms. The Hall–Kier alpha value is -1.71. The van der Waals surface area contributed by atoms with E-state index in [1.54, 1.807) is 6.07 Å². The van der Waals surface area contributed by atoms with E-state index in [2.05, 4.69) is 19.2 Å². The normalized spacial score (nSPS) is 20.9. The Bertz CT molecular complexity index is 523. The third-order valence-corrected chi connectivity index (χ3v) is 4.29. The highest BCUT2D eigenvalue weighted by Crippen LogP contribution is 2.35. The van der Waals surface area contributed by atoms with Gasteiger partial charge in [0.25, 0.3) is 5.91 Å². The van der Waals surface area contributed by atoms with Gasteiger partial charge in [-0.3, -0.25) is 4.79 Å². The summed E-state index contributed by atoms with van der Waals surface area (Å²) in [6, 6.07) is 5.75. The van der Waals surface area contributed by atoms with E-state index < -0.39 is 0 Å². The van der Waals surface area contributed by atoms with Crippen molar-refractivity contribution in [1.29, 1.82) is 0 Å². The number of carbonyl (C=O) groups is 1. The summed E-state index contributed by atoms with van der Waals surface area (Å²) in [7, 11) is 3.87. The predicted molar refractivity (Wildman–Crippen MR) is 88.7 cm³/mol. The van der Waals surface area contributed by atoms with Crippen LogP contribution in [-0.4, -0.2) is 26.0 Å². The molecular formula is C17H27N3O. The van der Waals surface area contributed by atoms with Crippen LogP contribution in [0.4, 0.5) is 11.4 Å². The van der Waals surface area contributed by atoms with Crippen LogP contribution in [0.3, 0.4) is 0 Å². The van der Waals surface area contributed by atoms with Gasteiger partial charge in [0.05, 0.1) is 5.56 Å². The Balaban J connectivity index is 2.15. The van der Waals surface area contributed by atoms with Crippen molar-refractivity contribution in [2.45, 2.75) is 45.6 Å². The maximum atomic E-state index is 12.6. The number of amides is 1. The van der Waals surface area contributed by atoms with Crippen molar-refractivity contribution >= 4 is 17.3 Å². The first-order valence-corrected chi connectivity index (χ1v) is 7.66. The van der Waals surface area contributed by atoms with Crippen LogP contribution < -0.4 is 16.0 Å². The zero-order chi connectivity index (χ0) is 15.6. The molecule has 116 valence electrons. The van der Waals surface area contributed by atoms with Gasteiger partial charge in [-0.15, -0.1) is 0 Å². The van der Waals surface area contributed by atoms with Crippen LogP contribution in [0.5, 0.6) is 0 Å². The second kappa shape index (κ2) is 5.96. The second-order valence-corrected chi connectivity index (χ2v) is 7.10. The van der Waals surface area contributed by atoms with Crippen LogP contribution >= 0.6 is 0 Å². The topological polar surface area (TPSA) is 58.4 Å². The standard InChI is InChI=1S/C17H27N3O/c1-17(2)9-5-6-13(11-17)19-16(21)14-10-12(18)7-8-15(14)20(3)4/h7-8,10,13H,5-6,9,11,18H2,1-4H3,(H,19,21). The molecule has 1 atom stereocenters. The van der Waals surface area contributed by atoms with Gasteiger partial charge in [-0.05, 0) is 42.9 Å². The molecule has 1 aromatic carbocycles. The minimum atomic E-state index is -0.0197. The average molecular weight is 289 g/mol. The highest BCUT2D eigenvalue weighted by molar-refractivity contribution is 6.00. The number of nitrogen functional groups attached to an aromatic ring is 1. The Morgan fingerprint density at radius 1 is 1.38 bits per heavy atom. The van der Waals surface area contributed by atoms with Crippen LogP contribution in [0, 0.1) is 5.41 Å². The molecule has 1 fully saturated rings. The van der Waals surface area contributed by atoms with Gasteiger partial charge in [0.2, 0.25) is 0 Å². The van der Waals surface area contributed by atoms with Crippen LogP contribution in [0.1, 0.15) is 49.9 Å². The van der Waals surface area contributed by atoms with E-state index in [9.17, 15) is 4.79 Å². The van der Waals surface area contributed by atoms with Crippen LogP contribution in [0.25, 0.3) is 0 Å². The van der Waals surface area contributed by atoms with Crippen molar-refractivity contribution in [2.75, 3.05) is 24.7 Å². The molecular weight excluding hydrogens is 262 g/mol. The number of nitrogens with two attached hydrogens (primary N) is 1. The van der Waals surface area contributed by atoms with Crippen molar-refractivity contribution in [3.05, 3.63) is 23.8 Å². The van der Waals surface area contributed by atoms with Gasteiger partial charge in [-0.1, -0.05) is 20.3 Å². The fraction of sp³-hybridized carbons (Fsp3) is 0.588. The third kappa shape index (κ3) is 3.90. The molecule has 1 aliphatic rings. The largest absolute Gasteiger partial charge is 0.399 e. The van der Waals surface area contributed by atoms with Gasteiger partial charge in [-0.25, -0.2) is 0 Å². The minimum absolute atomic E-state index is 0.0197. The SMILES string of the molecule is CN(C)c1ccc(N)cc1C(=O)NC1CCCC(C)(C)C1. The molecule has 0 bridgehead atoms. The van der Waals surface area contributed by atoms with Gasteiger partial charge in [0.1, 0.15) is 0 Å². The lowest BCUT2D eigenvalue weighted by molar-refractivity contribution is 0.0903. The number of benzene rings is 1. The minimum Gasteiger partial charge on any atom is -0.399 e. The zero-order valence-corrected chi connectivity index (χ0v) is 13.6. The molecule has 1 aromatic rings. The molecule has 0 aromatic heterocycles. The van der Waals surface area contributed by atoms with E-state index in [1.807, 2.05) is 31.1 Å². The number of nitrogens with zero attached hydrogens (tertiary/aromatic N) is 1. The molecule has 4 nitrogen and oxygen atoms in total. The lowest BCUT2D eigenvalue weighted by Crippen LogP contribution is -2.41. The van der Waals surface area contributed by atoms with E-state index in [1.165, 1.54) is 12.8 Å². The maximum absolute atomic E-state index is 12.6. The smallest absolute Gasteiger partial charge is 0.253 e. The van der Waals surface area contributed by atoms with Gasteiger partial charge in [0.15, 0.2) is 0 Å². The Kier molecular flexibility index (Phi) is 4.45. The first-order valence-electron chi connectivity index (χ1n) is 7.66. The van der Waals surface area contributed by atoms with E-state index in [-0.39, 0.29) is 11.9 Å². The van der Waals surface area contributed by atoms with Crippen LogP contribution in [0.15, 0.2) is 18.2 Å². The molecule has 3 N–H and O–H groups in total. The summed E-state index contributed by atoms with van der Waals surface area (Å²) in [5, 5.41) is 3.19. The van der Waals surface area contributed by atoms with Gasteiger partial charge >= 0.3 is 0 Å². The predicted octanol–water partition coefficient (Wildman–Crippen LogP) is 3.03. The summed E-state index contributed by atoms with van der Waals surface area (Å²) < 4.78 is 0. The molecule has 0 saturated heterocycles. The highest BCUT2D eigenvalue weighted by atomic mass is 16.1. The Morgan fingerprint density at radius 3 is 2.71 bits per heavy atom. The van der Waals surface area contributed by atoms with Gasteiger partial charge < -0.3 is 16.0 Å². The number of hydrogen-bond acceptors (Lipinski definition) is 3. The molecule has 1 aliphatic carbocycles. The first-order chi connectivity index (χ1) is 9.78. The zero-order valence-electron chi connectivity index (χ0n) is 13.6. The van der Waals surface area contributed by atoms with E-state index >= 15 is 0 Å². The number of anilines is 2. The quantitative estimate of drug-likeness (QED) is 0.841. The van der Waals surface area contributed by atoms with Gasteiger partial charge in [0, 0.05) is 31.5 Å². The first kappa shape index (κ1) is 15.7. The highest BCUT2D eigenvalue weighted by Gasteiger charge is 2.29. The van der Waals surface area contributed by atoms with Gasteiger partial charge in [-0.2, -0.15) is 0 Å². The van der Waals surface area contributed by atoms with Crippen molar-refractivity contribution in [3.63, 3.8) is 0 Å². The van der Waals surface area contributed by atoms with Crippen molar-refractivity contribution < 1.29 is 4.79 Å². The summed E-state index contributed by atoms with van der Waals surface area (Å²) >= 11 is 0. The summed E-state index contributed by atoms with van der Waals surface area (Å²) in [5.41, 5.74) is 8.33. The molecule has 2 rings (SSSR count). The molecule has 0 aliphatic heterocycles. The van der Waals surface area contributed by atoms with Crippen LogP contribution in [-0.2, 0) is 0 Å². The lowest BCUT2D eigenvalue weighted by atomic mass is 9.75. The second-order valence-electron chi connectivity index (χ2n) is 7.10. The maximum Gasteiger partial charge on any atom is 0.253 e. The summed E-state index contributed by atoms with van der Waals surface area (Å²) in [6.07, 6.45) is 4.52. The summed E-state index contributed by atoms with van der Waals surface area (Å²) in [6.45, 7) is 4.55. The number of hydrogen-bond donors (Lipinski definition) is 2. The summed E-state index contributed by atoms with van der Waals surface area (Å²) in [5.74, 6) is -0.0197. The molecule has 1 amide bonds. The Morgan fingerprint density at radius 2 is 2.10 bits per heavy atom. The van der Waals surface area contributed by atoms with E-state index in [4.69, 9.17) is 5.73 Å².